The van der Waals surface area contributed by atoms with Gasteiger partial charge in [-0.1, -0.05) is 5.16 Å². The molecule has 94 valence electrons. The number of amidine groups is 1. The summed E-state index contributed by atoms with van der Waals surface area (Å²) in [5.74, 6) is -1.99. The molecule has 0 saturated carbocycles. The number of carbonyl (C=O) groups is 2. The second kappa shape index (κ2) is 9.91. The summed E-state index contributed by atoms with van der Waals surface area (Å²) < 4.78 is 4.23. The number of carbonyl (C=O) groups excluding carboxylic acids is 1. The average molecular weight is 244 g/mol. The second-order valence-electron chi connectivity index (χ2n) is 2.33. The molecule has 0 saturated heterocycles. The first-order chi connectivity index (χ1) is 7.84. The first-order valence-electron chi connectivity index (χ1n) is 4.05. The molecule has 0 aliphatic heterocycles. The molecule has 9 heteroatoms. The van der Waals surface area contributed by atoms with Crippen LogP contribution in [0.5, 0.6) is 0 Å². The van der Waals surface area contributed by atoms with Crippen LogP contribution in [0.1, 0.15) is 6.92 Å². The number of carboxylic acids is 1. The van der Waals surface area contributed by atoms with Crippen LogP contribution in [0.25, 0.3) is 0 Å². The van der Waals surface area contributed by atoms with E-state index in [-0.39, 0.29) is 5.71 Å². The number of aliphatic carboxylic acids is 1. The number of nitrogens with two attached hydrogens (primary N) is 1. The fourth-order valence-electron chi connectivity index (χ4n) is 0.338. The van der Waals surface area contributed by atoms with Crippen molar-refractivity contribution in [3.05, 3.63) is 0 Å². The van der Waals surface area contributed by atoms with E-state index in [9.17, 15) is 4.79 Å². The topological polar surface area (TPSA) is 159 Å². The number of methoxy groups -OCH3 is 1. The SMILES string of the molecule is CC(=O)O.COC(=O)CON=C(C#N)C(=N)N. The van der Waals surface area contributed by atoms with Crippen molar-refractivity contribution < 1.29 is 24.3 Å². The first-order valence-corrected chi connectivity index (χ1v) is 4.05. The summed E-state index contributed by atoms with van der Waals surface area (Å²) in [6.07, 6.45) is 0. The van der Waals surface area contributed by atoms with Crippen molar-refractivity contribution in [1.82, 2.24) is 0 Å². The Balaban J connectivity index is 0. The van der Waals surface area contributed by atoms with E-state index in [0.29, 0.717) is 0 Å². The van der Waals surface area contributed by atoms with Crippen LogP contribution in [-0.4, -0.2) is 42.3 Å². The predicted octanol–water partition coefficient (Wildman–Crippen LogP) is -0.918. The third-order valence-corrected chi connectivity index (χ3v) is 0.927. The van der Waals surface area contributed by atoms with Gasteiger partial charge in [-0.2, -0.15) is 5.26 Å². The smallest absolute Gasteiger partial charge is 0.346 e. The molecular formula is C8H12N4O5. The summed E-state index contributed by atoms with van der Waals surface area (Å²) in [5, 5.41) is 25.7. The summed E-state index contributed by atoms with van der Waals surface area (Å²) in [6.45, 7) is 0.662. The number of carboxylic acid groups (broad SMARTS) is 1. The molecule has 0 amide bonds. The molecule has 0 spiro atoms. The van der Waals surface area contributed by atoms with Crippen LogP contribution >= 0.6 is 0 Å². The molecule has 0 aromatic heterocycles. The molecule has 0 aliphatic carbocycles. The predicted molar refractivity (Wildman–Crippen MR) is 56.2 cm³/mol. The highest BCUT2D eigenvalue weighted by Crippen LogP contribution is 1.82. The molecule has 0 aromatic rings. The Bertz CT molecular complexity index is 353. The van der Waals surface area contributed by atoms with Gasteiger partial charge in [-0.3, -0.25) is 10.2 Å². The summed E-state index contributed by atoms with van der Waals surface area (Å²) in [4.78, 5) is 23.8. The number of nitrogens with zero attached hydrogens (tertiary/aromatic N) is 2. The zero-order chi connectivity index (χ0) is 13.8. The first kappa shape index (κ1) is 16.8. The molecule has 0 aromatic carbocycles. The van der Waals surface area contributed by atoms with Crippen molar-refractivity contribution in [2.24, 2.45) is 10.9 Å². The average Bonchev–Trinajstić information content (AvgIpc) is 2.22. The van der Waals surface area contributed by atoms with Crippen LogP contribution < -0.4 is 5.73 Å². The molecule has 0 fully saturated rings. The van der Waals surface area contributed by atoms with E-state index >= 15 is 0 Å². The lowest BCUT2D eigenvalue weighted by Gasteiger charge is -1.97. The van der Waals surface area contributed by atoms with Gasteiger partial charge in [0.1, 0.15) is 6.07 Å². The normalized spacial score (nSPS) is 9.12. The molecule has 4 N–H and O–H groups in total. The Morgan fingerprint density at radius 1 is 1.59 bits per heavy atom. The van der Waals surface area contributed by atoms with E-state index in [0.717, 1.165) is 6.92 Å². The summed E-state index contributed by atoms with van der Waals surface area (Å²) in [5.41, 5.74) is 4.55. The van der Waals surface area contributed by atoms with Crippen LogP contribution in [-0.2, 0) is 19.2 Å². The molecule has 0 atom stereocenters. The Labute approximate surface area is 96.9 Å². The van der Waals surface area contributed by atoms with Crippen LogP contribution in [0.4, 0.5) is 0 Å². The molecular weight excluding hydrogens is 232 g/mol. The van der Waals surface area contributed by atoms with Crippen molar-refractivity contribution in [2.75, 3.05) is 13.7 Å². The molecule has 0 unspecified atom stereocenters. The Morgan fingerprint density at radius 3 is 2.35 bits per heavy atom. The van der Waals surface area contributed by atoms with Crippen LogP contribution in [0.3, 0.4) is 0 Å². The fourth-order valence-corrected chi connectivity index (χ4v) is 0.338. The monoisotopic (exact) mass is 244 g/mol. The zero-order valence-corrected chi connectivity index (χ0v) is 9.26. The molecule has 0 radical (unpaired) electrons. The number of esters is 1. The number of hydrogen-bond acceptors (Lipinski definition) is 7. The lowest BCUT2D eigenvalue weighted by molar-refractivity contribution is -0.145. The third kappa shape index (κ3) is 13.4. The highest BCUT2D eigenvalue weighted by atomic mass is 16.6. The number of ether oxygens (including phenoxy) is 1. The summed E-state index contributed by atoms with van der Waals surface area (Å²) in [7, 11) is 1.19. The highest BCUT2D eigenvalue weighted by Gasteiger charge is 2.03. The van der Waals surface area contributed by atoms with Gasteiger partial charge in [-0.15, -0.1) is 0 Å². The van der Waals surface area contributed by atoms with E-state index in [1.165, 1.54) is 13.2 Å². The van der Waals surface area contributed by atoms with Gasteiger partial charge < -0.3 is 20.4 Å². The summed E-state index contributed by atoms with van der Waals surface area (Å²) >= 11 is 0. The molecule has 0 aliphatic rings. The Hall–Kier alpha value is -2.63. The largest absolute Gasteiger partial charge is 0.481 e. The minimum atomic E-state index is -0.833. The number of oxime groups is 1. The quantitative estimate of drug-likeness (QED) is 0.249. The molecule has 0 rings (SSSR count). The lowest BCUT2D eigenvalue weighted by Crippen LogP contribution is -2.21. The fraction of sp³-hybridized carbons (Fsp3) is 0.375. The van der Waals surface area contributed by atoms with E-state index in [1.807, 2.05) is 0 Å². The van der Waals surface area contributed by atoms with Gasteiger partial charge in [-0.25, -0.2) is 4.79 Å². The van der Waals surface area contributed by atoms with Gasteiger partial charge in [-0.05, 0) is 0 Å². The van der Waals surface area contributed by atoms with Crippen molar-refractivity contribution in [1.29, 1.82) is 10.7 Å². The van der Waals surface area contributed by atoms with Gasteiger partial charge in [0, 0.05) is 6.92 Å². The lowest BCUT2D eigenvalue weighted by atomic mass is 10.4. The number of nitriles is 1. The zero-order valence-electron chi connectivity index (χ0n) is 9.26. The minimum Gasteiger partial charge on any atom is -0.481 e. The van der Waals surface area contributed by atoms with Gasteiger partial charge in [0.25, 0.3) is 5.97 Å². The standard InChI is InChI=1S/C6H8N4O3.C2H4O2/c1-12-5(11)3-13-10-4(2-7)6(8)9;1-2(3)4/h3H2,1H3,(H3,8,9);1H3,(H,3,4). The minimum absolute atomic E-state index is 0.385. The number of hydrogen-bond donors (Lipinski definition) is 3. The van der Waals surface area contributed by atoms with E-state index < -0.39 is 24.4 Å². The van der Waals surface area contributed by atoms with Gasteiger partial charge >= 0.3 is 5.97 Å². The van der Waals surface area contributed by atoms with Crippen molar-refractivity contribution in [3.63, 3.8) is 0 Å². The summed E-state index contributed by atoms with van der Waals surface area (Å²) in [6, 6.07) is 1.52. The van der Waals surface area contributed by atoms with Crippen molar-refractivity contribution in [2.45, 2.75) is 6.92 Å². The van der Waals surface area contributed by atoms with E-state index in [2.05, 4.69) is 14.7 Å². The molecule has 9 nitrogen and oxygen atoms in total. The maximum absolute atomic E-state index is 10.5. The van der Waals surface area contributed by atoms with Gasteiger partial charge in [0.2, 0.25) is 12.3 Å². The second-order valence-corrected chi connectivity index (χ2v) is 2.33. The Kier molecular flexibility index (Phi) is 9.78. The number of rotatable bonds is 4. The van der Waals surface area contributed by atoms with Crippen molar-refractivity contribution >= 4 is 23.5 Å². The maximum atomic E-state index is 10.5. The molecule has 0 heterocycles. The van der Waals surface area contributed by atoms with Gasteiger partial charge in [0.15, 0.2) is 5.84 Å². The molecule has 17 heavy (non-hydrogen) atoms. The maximum Gasteiger partial charge on any atom is 0.346 e. The van der Waals surface area contributed by atoms with Crippen LogP contribution in [0.2, 0.25) is 0 Å². The van der Waals surface area contributed by atoms with E-state index in [4.69, 9.17) is 26.3 Å². The highest BCUT2D eigenvalue weighted by molar-refractivity contribution is 6.45. The van der Waals surface area contributed by atoms with Crippen LogP contribution in [0, 0.1) is 16.7 Å². The van der Waals surface area contributed by atoms with Crippen molar-refractivity contribution in [3.8, 4) is 6.07 Å². The van der Waals surface area contributed by atoms with Crippen LogP contribution in [0.15, 0.2) is 5.16 Å². The Morgan fingerprint density at radius 2 is 2.06 bits per heavy atom. The molecule has 0 bridgehead atoms. The van der Waals surface area contributed by atoms with Gasteiger partial charge in [0.05, 0.1) is 7.11 Å². The third-order valence-electron chi connectivity index (χ3n) is 0.927. The number of nitrogens with one attached hydrogen (secondary N) is 1. The van der Waals surface area contributed by atoms with E-state index in [1.54, 1.807) is 0 Å².